The van der Waals surface area contributed by atoms with E-state index in [1.807, 2.05) is 39.1 Å². The Labute approximate surface area is 131 Å². The summed E-state index contributed by atoms with van der Waals surface area (Å²) in [7, 11) is 0. The zero-order chi connectivity index (χ0) is 15.1. The van der Waals surface area contributed by atoms with Crippen LogP contribution in [-0.2, 0) is 4.74 Å². The van der Waals surface area contributed by atoms with E-state index < -0.39 is 24.0 Å². The molecule has 0 aliphatic heterocycles. The molecule has 0 bridgehead atoms. The van der Waals surface area contributed by atoms with Gasteiger partial charge in [0.1, 0.15) is 0 Å². The molecule has 0 amide bonds. The summed E-state index contributed by atoms with van der Waals surface area (Å²) >= 11 is -2.31. The predicted octanol–water partition coefficient (Wildman–Crippen LogP) is 4.00. The standard InChI is InChI=1S/C12H13N2O2.CH4.3CH3.Sn/c1-12(2,3)16-11(15)14-8-6-9-5-4-7-13-10(9)14;;;;;/h4-5,7-8H,1-3H3;1H4;3*1H3;. The molecule has 0 saturated carbocycles. The zero-order valence-electron chi connectivity index (χ0n) is 13.0. The van der Waals surface area contributed by atoms with Crippen molar-refractivity contribution >= 4 is 39.1 Å². The monoisotopic (exact) mass is 398 g/mol. The summed E-state index contributed by atoms with van der Waals surface area (Å²) in [6.07, 6.45) is 3.29. The average Bonchev–Trinajstić information content (AvgIpc) is 2.65. The van der Waals surface area contributed by atoms with Crippen LogP contribution in [-0.4, -0.2) is 39.6 Å². The van der Waals surface area contributed by atoms with Gasteiger partial charge in [-0.3, -0.25) is 0 Å². The molecule has 116 valence electrons. The molecule has 0 saturated heterocycles. The van der Waals surface area contributed by atoms with Crippen molar-refractivity contribution in [2.24, 2.45) is 0 Å². The van der Waals surface area contributed by atoms with Crippen LogP contribution in [0.5, 0.6) is 0 Å². The van der Waals surface area contributed by atoms with Crippen molar-refractivity contribution in [3.63, 3.8) is 0 Å². The summed E-state index contributed by atoms with van der Waals surface area (Å²) in [5.74, 6) is 0. The molecule has 0 aromatic carbocycles. The van der Waals surface area contributed by atoms with Gasteiger partial charge in [-0.1, -0.05) is 7.43 Å². The van der Waals surface area contributed by atoms with Crippen LogP contribution in [0.2, 0.25) is 14.8 Å². The van der Waals surface area contributed by atoms with Crippen molar-refractivity contribution in [1.82, 2.24) is 9.55 Å². The van der Waals surface area contributed by atoms with Gasteiger partial charge in [-0.05, 0) is 0 Å². The maximum atomic E-state index is 12.3. The quantitative estimate of drug-likeness (QED) is 0.684. The van der Waals surface area contributed by atoms with Crippen LogP contribution in [0.1, 0.15) is 28.2 Å². The second kappa shape index (κ2) is 5.99. The van der Waals surface area contributed by atoms with E-state index in [9.17, 15) is 4.79 Å². The number of rotatable bonds is 1. The van der Waals surface area contributed by atoms with Gasteiger partial charge in [0.05, 0.1) is 0 Å². The number of aromatic nitrogens is 2. The van der Waals surface area contributed by atoms with Crippen LogP contribution in [0.25, 0.3) is 11.0 Å². The Kier molecular flexibility index (Phi) is 5.13. The molecule has 0 unspecified atom stereocenters. The number of nitrogens with zero attached hydrogens (tertiary/aromatic N) is 2. The third kappa shape index (κ3) is 3.99. The molecule has 0 fully saturated rings. The van der Waals surface area contributed by atoms with Gasteiger partial charge < -0.3 is 0 Å². The van der Waals surface area contributed by atoms with Gasteiger partial charge in [0.2, 0.25) is 0 Å². The first-order chi connectivity index (χ1) is 9.09. The molecule has 0 radical (unpaired) electrons. The first-order valence-corrected chi connectivity index (χ1v) is 16.8. The van der Waals surface area contributed by atoms with Crippen molar-refractivity contribution in [3.8, 4) is 0 Å². The van der Waals surface area contributed by atoms with Gasteiger partial charge in [-0.15, -0.1) is 0 Å². The Hall–Kier alpha value is -1.04. The molecule has 2 aromatic heterocycles. The molecule has 5 heteroatoms. The van der Waals surface area contributed by atoms with Crippen molar-refractivity contribution < 1.29 is 9.53 Å². The fourth-order valence-electron chi connectivity index (χ4n) is 2.11. The van der Waals surface area contributed by atoms with Crippen LogP contribution in [0, 0.1) is 0 Å². The van der Waals surface area contributed by atoms with E-state index in [4.69, 9.17) is 4.74 Å². The van der Waals surface area contributed by atoms with Crippen molar-refractivity contribution in [1.29, 1.82) is 0 Å². The van der Waals surface area contributed by atoms with E-state index in [0.717, 1.165) is 5.39 Å². The molecule has 2 heterocycles. The molecule has 0 spiro atoms. The van der Waals surface area contributed by atoms with Crippen LogP contribution in [0.15, 0.2) is 24.5 Å². The topological polar surface area (TPSA) is 44.1 Å². The molecule has 0 aliphatic carbocycles. The fourth-order valence-corrected chi connectivity index (χ4v) is 6.44. The molecule has 2 aromatic rings. The number of pyridine rings is 1. The minimum atomic E-state index is -2.31. The summed E-state index contributed by atoms with van der Waals surface area (Å²) < 4.78 is 8.32. The number of carbonyl (C=O) groups is 1. The normalized spacial score (nSPS) is 12.1. The summed E-state index contributed by atoms with van der Waals surface area (Å²) in [5.41, 5.74) is 0.191. The average molecular weight is 397 g/mol. The first-order valence-electron chi connectivity index (χ1n) is 6.79. The summed E-state index contributed by atoms with van der Waals surface area (Å²) in [4.78, 5) is 23.7. The van der Waals surface area contributed by atoms with E-state index in [1.165, 1.54) is 3.58 Å². The Bertz CT molecular complexity index is 648. The Balaban J connectivity index is 0.00000220. The third-order valence-corrected chi connectivity index (χ3v) is 8.71. The SMILES string of the molecule is C.CC(C)(C)OC(=O)n1c[c]([Sn]([CH3])([CH3])[CH3])c2cccnc21. The molecule has 4 nitrogen and oxygen atoms in total. The molecular formula is C16H26N2O2Sn. The van der Waals surface area contributed by atoms with E-state index in [-0.39, 0.29) is 13.5 Å². The first kappa shape index (κ1) is 18.0. The summed E-state index contributed by atoms with van der Waals surface area (Å²) in [6, 6.07) is 3.96. The van der Waals surface area contributed by atoms with Gasteiger partial charge in [0.15, 0.2) is 0 Å². The van der Waals surface area contributed by atoms with Crippen LogP contribution >= 0.6 is 0 Å². The minimum absolute atomic E-state index is 0. The van der Waals surface area contributed by atoms with Gasteiger partial charge in [0, 0.05) is 0 Å². The Morgan fingerprint density at radius 1 is 1.29 bits per heavy atom. The molecule has 0 atom stereocenters. The number of hydrogen-bond acceptors (Lipinski definition) is 3. The molecule has 0 aliphatic rings. The van der Waals surface area contributed by atoms with Crippen LogP contribution in [0.4, 0.5) is 4.79 Å². The number of carbonyl (C=O) groups excluding carboxylic acids is 1. The van der Waals surface area contributed by atoms with Gasteiger partial charge in [0.25, 0.3) is 0 Å². The fraction of sp³-hybridized carbons (Fsp3) is 0.500. The molecule has 2 rings (SSSR count). The van der Waals surface area contributed by atoms with Crippen LogP contribution < -0.4 is 3.58 Å². The Morgan fingerprint density at radius 3 is 2.43 bits per heavy atom. The van der Waals surface area contributed by atoms with E-state index in [1.54, 1.807) is 10.8 Å². The number of ether oxygens (including phenoxy) is 1. The van der Waals surface area contributed by atoms with E-state index in [2.05, 4.69) is 19.8 Å². The van der Waals surface area contributed by atoms with E-state index >= 15 is 0 Å². The second-order valence-electron chi connectivity index (χ2n) is 7.02. The van der Waals surface area contributed by atoms with Gasteiger partial charge >= 0.3 is 124 Å². The third-order valence-electron chi connectivity index (χ3n) is 2.96. The number of fused-ring (bicyclic) bond motifs is 1. The summed E-state index contributed by atoms with van der Waals surface area (Å²) in [6.45, 7) is 5.61. The number of hydrogen-bond donors (Lipinski definition) is 0. The molecule has 21 heavy (non-hydrogen) atoms. The second-order valence-corrected chi connectivity index (χ2v) is 21.4. The van der Waals surface area contributed by atoms with Crippen molar-refractivity contribution in [3.05, 3.63) is 24.5 Å². The van der Waals surface area contributed by atoms with Crippen molar-refractivity contribution in [2.75, 3.05) is 0 Å². The molecular weight excluding hydrogens is 371 g/mol. The van der Waals surface area contributed by atoms with E-state index in [0.29, 0.717) is 5.65 Å². The molecule has 0 N–H and O–H groups in total. The summed E-state index contributed by atoms with van der Waals surface area (Å²) in [5, 5.41) is 1.08. The maximum absolute atomic E-state index is 12.3. The zero-order valence-corrected chi connectivity index (χ0v) is 15.9. The predicted molar refractivity (Wildman–Crippen MR) is 91.1 cm³/mol. The van der Waals surface area contributed by atoms with Crippen molar-refractivity contribution in [2.45, 2.75) is 48.6 Å². The van der Waals surface area contributed by atoms with Gasteiger partial charge in [-0.25, -0.2) is 0 Å². The van der Waals surface area contributed by atoms with Crippen LogP contribution in [0.3, 0.4) is 0 Å². The Morgan fingerprint density at radius 2 is 1.90 bits per heavy atom. The van der Waals surface area contributed by atoms with Gasteiger partial charge in [-0.2, -0.15) is 0 Å².